The average molecular weight is 460 g/mol. The molecule has 2 aromatic carbocycles. The fourth-order valence-electron chi connectivity index (χ4n) is 4.73. The fraction of sp³-hybridized carbons (Fsp3) is 0.296. The molecular formula is C27H29N3O4. The first-order valence-electron chi connectivity index (χ1n) is 11.5. The summed E-state index contributed by atoms with van der Waals surface area (Å²) < 4.78 is 2.06. The first kappa shape index (κ1) is 23.4. The zero-order chi connectivity index (χ0) is 24.2. The van der Waals surface area contributed by atoms with Gasteiger partial charge in [-0.3, -0.25) is 9.69 Å². The van der Waals surface area contributed by atoms with Crippen LogP contribution in [0.3, 0.4) is 0 Å². The van der Waals surface area contributed by atoms with Gasteiger partial charge in [-0.2, -0.15) is 0 Å². The summed E-state index contributed by atoms with van der Waals surface area (Å²) in [5, 5.41) is 19.6. The molecule has 0 aliphatic carbocycles. The van der Waals surface area contributed by atoms with Crippen LogP contribution in [0.15, 0.2) is 61.2 Å². The number of carboxylic acids is 2. The van der Waals surface area contributed by atoms with Crippen LogP contribution in [0.1, 0.15) is 52.5 Å². The second-order valence-electron chi connectivity index (χ2n) is 8.52. The molecule has 0 spiro atoms. The molecule has 176 valence electrons. The van der Waals surface area contributed by atoms with Crippen molar-refractivity contribution in [1.29, 1.82) is 0 Å². The zero-order valence-corrected chi connectivity index (χ0v) is 19.3. The number of rotatable bonds is 9. The predicted molar refractivity (Wildman–Crippen MR) is 130 cm³/mol. The van der Waals surface area contributed by atoms with Crippen LogP contribution in [-0.2, 0) is 24.2 Å². The second-order valence-corrected chi connectivity index (χ2v) is 8.52. The molecule has 4 rings (SSSR count). The Morgan fingerprint density at radius 2 is 1.88 bits per heavy atom. The largest absolute Gasteiger partial charge is 0.480 e. The van der Waals surface area contributed by atoms with Crippen LogP contribution in [0.4, 0.5) is 0 Å². The molecule has 0 saturated carbocycles. The van der Waals surface area contributed by atoms with Gasteiger partial charge in [0.25, 0.3) is 0 Å². The number of carboxylic acid groups (broad SMARTS) is 2. The quantitative estimate of drug-likeness (QED) is 0.460. The van der Waals surface area contributed by atoms with Crippen LogP contribution in [0.25, 0.3) is 11.1 Å². The molecule has 0 fully saturated rings. The van der Waals surface area contributed by atoms with Crippen LogP contribution >= 0.6 is 0 Å². The molecule has 7 nitrogen and oxygen atoms in total. The lowest BCUT2D eigenvalue weighted by molar-refractivity contribution is -0.144. The Kier molecular flexibility index (Phi) is 6.93. The van der Waals surface area contributed by atoms with E-state index in [9.17, 15) is 19.8 Å². The van der Waals surface area contributed by atoms with Gasteiger partial charge in [0.05, 0.1) is 17.0 Å². The van der Waals surface area contributed by atoms with Gasteiger partial charge in [-0.15, -0.1) is 6.58 Å². The lowest BCUT2D eigenvalue weighted by Crippen LogP contribution is -2.41. The number of hydrogen-bond donors (Lipinski definition) is 2. The summed E-state index contributed by atoms with van der Waals surface area (Å²) in [6.45, 7) is 7.52. The van der Waals surface area contributed by atoms with E-state index in [2.05, 4.69) is 18.1 Å². The molecule has 0 amide bonds. The van der Waals surface area contributed by atoms with Crippen molar-refractivity contribution in [3.05, 3.63) is 89.5 Å². The summed E-state index contributed by atoms with van der Waals surface area (Å²) in [6.07, 6.45) is 4.13. The van der Waals surface area contributed by atoms with E-state index in [1.54, 1.807) is 24.3 Å². The van der Waals surface area contributed by atoms with Crippen LogP contribution < -0.4 is 0 Å². The van der Waals surface area contributed by atoms with E-state index in [0.717, 1.165) is 41.2 Å². The number of aliphatic carboxylic acids is 1. The summed E-state index contributed by atoms with van der Waals surface area (Å²) >= 11 is 0. The number of imidazole rings is 1. The van der Waals surface area contributed by atoms with Crippen molar-refractivity contribution in [2.75, 3.05) is 13.1 Å². The van der Waals surface area contributed by atoms with Crippen LogP contribution in [0.2, 0.25) is 0 Å². The van der Waals surface area contributed by atoms with Gasteiger partial charge in [0.1, 0.15) is 5.82 Å². The maximum absolute atomic E-state index is 12.3. The standard InChI is InChI=1S/C27H29N3O4/c1-3-7-23-28-22-14-16-29(15-4-2)25(27(33)34)24(22)30(23)17-18-10-12-19(13-11-18)20-8-5-6-9-21(20)26(31)32/h4-6,8-13,25H,2-3,7,14-17H2,1H3,(H,31,32)(H,33,34). The number of aromatic nitrogens is 2. The van der Waals surface area contributed by atoms with E-state index >= 15 is 0 Å². The van der Waals surface area contributed by atoms with E-state index in [1.807, 2.05) is 35.2 Å². The van der Waals surface area contributed by atoms with E-state index < -0.39 is 18.0 Å². The van der Waals surface area contributed by atoms with Crippen LogP contribution in [-0.4, -0.2) is 49.7 Å². The number of benzene rings is 2. The monoisotopic (exact) mass is 459 g/mol. The summed E-state index contributed by atoms with van der Waals surface area (Å²) in [4.78, 5) is 30.7. The molecule has 0 radical (unpaired) electrons. The number of nitrogens with zero attached hydrogens (tertiary/aromatic N) is 3. The molecule has 0 saturated heterocycles. The molecule has 1 unspecified atom stereocenters. The highest BCUT2D eigenvalue weighted by molar-refractivity contribution is 5.96. The Morgan fingerprint density at radius 3 is 2.53 bits per heavy atom. The van der Waals surface area contributed by atoms with Crippen molar-refractivity contribution >= 4 is 11.9 Å². The van der Waals surface area contributed by atoms with E-state index in [1.165, 1.54) is 0 Å². The zero-order valence-electron chi connectivity index (χ0n) is 19.3. The van der Waals surface area contributed by atoms with Crippen molar-refractivity contribution in [3.63, 3.8) is 0 Å². The highest BCUT2D eigenvalue weighted by atomic mass is 16.4. The fourth-order valence-corrected chi connectivity index (χ4v) is 4.73. The van der Waals surface area contributed by atoms with Crippen LogP contribution in [0.5, 0.6) is 0 Å². The molecular weight excluding hydrogens is 430 g/mol. The van der Waals surface area contributed by atoms with Gasteiger partial charge in [0.2, 0.25) is 0 Å². The van der Waals surface area contributed by atoms with Crippen molar-refractivity contribution in [3.8, 4) is 11.1 Å². The van der Waals surface area contributed by atoms with E-state index in [0.29, 0.717) is 31.6 Å². The molecule has 0 bridgehead atoms. The lowest BCUT2D eigenvalue weighted by atomic mass is 9.98. The Morgan fingerprint density at radius 1 is 1.15 bits per heavy atom. The highest BCUT2D eigenvalue weighted by Crippen LogP contribution is 2.32. The molecule has 2 N–H and O–H groups in total. The van der Waals surface area contributed by atoms with Crippen molar-refractivity contribution in [2.45, 2.75) is 38.8 Å². The van der Waals surface area contributed by atoms with Gasteiger partial charge in [-0.05, 0) is 29.2 Å². The van der Waals surface area contributed by atoms with Crippen molar-refractivity contribution in [2.24, 2.45) is 0 Å². The van der Waals surface area contributed by atoms with Crippen molar-refractivity contribution in [1.82, 2.24) is 14.5 Å². The van der Waals surface area contributed by atoms with Gasteiger partial charge in [0.15, 0.2) is 6.04 Å². The summed E-state index contributed by atoms with van der Waals surface area (Å²) in [7, 11) is 0. The number of carbonyl (C=O) groups is 2. The maximum atomic E-state index is 12.3. The second kappa shape index (κ2) is 10.1. The minimum Gasteiger partial charge on any atom is -0.480 e. The Bertz CT molecular complexity index is 1210. The number of aromatic carboxylic acids is 1. The third kappa shape index (κ3) is 4.52. The highest BCUT2D eigenvalue weighted by Gasteiger charge is 2.37. The third-order valence-corrected chi connectivity index (χ3v) is 6.26. The Balaban J connectivity index is 1.71. The Labute approximate surface area is 199 Å². The van der Waals surface area contributed by atoms with Gasteiger partial charge in [-0.25, -0.2) is 9.78 Å². The summed E-state index contributed by atoms with van der Waals surface area (Å²) in [5.41, 5.74) is 4.37. The Hall–Kier alpha value is -3.71. The van der Waals surface area contributed by atoms with Gasteiger partial charge in [-0.1, -0.05) is 55.5 Å². The molecule has 1 aliphatic rings. The molecule has 7 heteroatoms. The predicted octanol–water partition coefficient (Wildman–Crippen LogP) is 4.42. The van der Waals surface area contributed by atoms with Gasteiger partial charge >= 0.3 is 11.9 Å². The number of fused-ring (bicyclic) bond motifs is 1. The normalized spacial score (nSPS) is 15.6. The molecule has 1 aliphatic heterocycles. The third-order valence-electron chi connectivity index (χ3n) is 6.26. The minimum absolute atomic E-state index is 0.260. The van der Waals surface area contributed by atoms with E-state index in [4.69, 9.17) is 4.98 Å². The van der Waals surface area contributed by atoms with E-state index in [-0.39, 0.29) is 5.56 Å². The van der Waals surface area contributed by atoms with Gasteiger partial charge < -0.3 is 14.8 Å². The maximum Gasteiger partial charge on any atom is 0.336 e. The van der Waals surface area contributed by atoms with Crippen molar-refractivity contribution < 1.29 is 19.8 Å². The lowest BCUT2D eigenvalue weighted by Gasteiger charge is -2.33. The average Bonchev–Trinajstić information content (AvgIpc) is 3.16. The summed E-state index contributed by atoms with van der Waals surface area (Å²) in [5.74, 6) is -0.940. The number of hydrogen-bond acceptors (Lipinski definition) is 4. The molecule has 3 aromatic rings. The first-order valence-corrected chi connectivity index (χ1v) is 11.5. The first-order chi connectivity index (χ1) is 16.4. The molecule has 1 atom stereocenters. The SMILES string of the molecule is C=CCN1CCc2nc(CCC)n(Cc3ccc(-c4ccccc4C(=O)O)cc3)c2C1C(=O)O. The van der Waals surface area contributed by atoms with Gasteiger partial charge in [0, 0.05) is 32.5 Å². The summed E-state index contributed by atoms with van der Waals surface area (Å²) in [6, 6.07) is 13.9. The number of aryl methyl sites for hydroxylation is 1. The smallest absolute Gasteiger partial charge is 0.336 e. The van der Waals surface area contributed by atoms with Crippen LogP contribution in [0, 0.1) is 0 Å². The minimum atomic E-state index is -0.960. The topological polar surface area (TPSA) is 95.7 Å². The molecule has 1 aromatic heterocycles. The molecule has 2 heterocycles. The molecule has 34 heavy (non-hydrogen) atoms.